The van der Waals surface area contributed by atoms with Crippen molar-refractivity contribution in [3.63, 3.8) is 0 Å². The van der Waals surface area contributed by atoms with E-state index in [0.29, 0.717) is 16.8 Å². The second-order valence-electron chi connectivity index (χ2n) is 5.11. The van der Waals surface area contributed by atoms with Gasteiger partial charge in [-0.25, -0.2) is 5.43 Å². The van der Waals surface area contributed by atoms with Crippen molar-refractivity contribution in [3.05, 3.63) is 71.5 Å². The lowest BCUT2D eigenvalue weighted by molar-refractivity contribution is 0.0954. The molecule has 0 fully saturated rings. The zero-order valence-electron chi connectivity index (χ0n) is 12.7. The number of phenols is 1. The molecule has 2 aromatic carbocycles. The van der Waals surface area contributed by atoms with Crippen molar-refractivity contribution in [1.82, 2.24) is 10.4 Å². The molecule has 3 rings (SSSR count). The predicted octanol–water partition coefficient (Wildman–Crippen LogP) is 2.20. The minimum absolute atomic E-state index is 0.0839. The third-order valence-corrected chi connectivity index (χ3v) is 3.56. The van der Waals surface area contributed by atoms with Crippen LogP contribution in [0.15, 0.2) is 59.8 Å². The Balaban J connectivity index is 1.79. The molecule has 1 amide bonds. The Morgan fingerprint density at radius 2 is 2.00 bits per heavy atom. The molecular formula is C18H15N3O3. The number of amides is 1. The molecule has 3 N–H and O–H groups in total. The SMILES string of the molecule is O=C(NN=Cc1c(O)ccc2ccccc12)c1ccc(CO)nc1. The molecule has 0 saturated heterocycles. The average molecular weight is 321 g/mol. The fourth-order valence-corrected chi connectivity index (χ4v) is 2.29. The van der Waals surface area contributed by atoms with E-state index >= 15 is 0 Å². The number of rotatable bonds is 4. The highest BCUT2D eigenvalue weighted by Gasteiger charge is 2.06. The lowest BCUT2D eigenvalue weighted by Gasteiger charge is -2.05. The molecule has 3 aromatic rings. The number of carbonyl (C=O) groups is 1. The van der Waals surface area contributed by atoms with Crippen molar-refractivity contribution in [2.75, 3.05) is 0 Å². The number of phenolic OH excluding ortho intramolecular Hbond substituents is 1. The van der Waals surface area contributed by atoms with Crippen LogP contribution in [-0.4, -0.2) is 27.3 Å². The smallest absolute Gasteiger partial charge is 0.272 e. The second kappa shape index (κ2) is 6.89. The summed E-state index contributed by atoms with van der Waals surface area (Å²) in [5.41, 5.74) is 3.73. The summed E-state index contributed by atoms with van der Waals surface area (Å²) in [5, 5.41) is 24.7. The van der Waals surface area contributed by atoms with Gasteiger partial charge in [0.15, 0.2) is 0 Å². The number of aliphatic hydroxyl groups is 1. The van der Waals surface area contributed by atoms with Crippen molar-refractivity contribution >= 4 is 22.9 Å². The average Bonchev–Trinajstić information content (AvgIpc) is 2.63. The maximum atomic E-state index is 12.0. The summed E-state index contributed by atoms with van der Waals surface area (Å²) in [7, 11) is 0. The van der Waals surface area contributed by atoms with E-state index in [2.05, 4.69) is 15.5 Å². The highest BCUT2D eigenvalue weighted by molar-refractivity contribution is 6.03. The van der Waals surface area contributed by atoms with E-state index in [0.717, 1.165) is 10.8 Å². The number of carbonyl (C=O) groups excluding carboxylic acids is 1. The van der Waals surface area contributed by atoms with E-state index in [9.17, 15) is 9.90 Å². The van der Waals surface area contributed by atoms with Gasteiger partial charge in [0.1, 0.15) is 5.75 Å². The Kier molecular flexibility index (Phi) is 4.49. The van der Waals surface area contributed by atoms with Crippen LogP contribution in [0, 0.1) is 0 Å². The Hall–Kier alpha value is -3.25. The number of hydrazone groups is 1. The molecule has 6 heteroatoms. The maximum Gasteiger partial charge on any atom is 0.272 e. The topological polar surface area (TPSA) is 94.8 Å². The number of aromatic hydroxyl groups is 1. The van der Waals surface area contributed by atoms with Crippen molar-refractivity contribution in [2.24, 2.45) is 5.10 Å². The molecule has 0 aliphatic carbocycles. The zero-order chi connectivity index (χ0) is 16.9. The minimum Gasteiger partial charge on any atom is -0.507 e. The van der Waals surface area contributed by atoms with Crippen LogP contribution in [0.3, 0.4) is 0 Å². The van der Waals surface area contributed by atoms with E-state index in [1.165, 1.54) is 12.4 Å². The Morgan fingerprint density at radius 1 is 1.17 bits per heavy atom. The van der Waals surface area contributed by atoms with E-state index in [1.807, 2.05) is 30.3 Å². The maximum absolute atomic E-state index is 12.0. The molecular weight excluding hydrogens is 306 g/mol. The summed E-state index contributed by atoms with van der Waals surface area (Å²) in [6, 6.07) is 14.1. The molecule has 0 spiro atoms. The van der Waals surface area contributed by atoms with Gasteiger partial charge in [-0.15, -0.1) is 0 Å². The van der Waals surface area contributed by atoms with Gasteiger partial charge in [-0.2, -0.15) is 5.10 Å². The van der Waals surface area contributed by atoms with Crippen molar-refractivity contribution in [2.45, 2.75) is 6.61 Å². The lowest BCUT2D eigenvalue weighted by atomic mass is 10.0. The predicted molar refractivity (Wildman–Crippen MR) is 90.8 cm³/mol. The molecule has 0 bridgehead atoms. The normalized spacial score (nSPS) is 11.0. The van der Waals surface area contributed by atoms with E-state index < -0.39 is 5.91 Å². The second-order valence-corrected chi connectivity index (χ2v) is 5.11. The fraction of sp³-hybridized carbons (Fsp3) is 0.0556. The van der Waals surface area contributed by atoms with Gasteiger partial charge in [-0.05, 0) is 29.0 Å². The Bertz CT molecular complexity index is 905. The van der Waals surface area contributed by atoms with Crippen LogP contribution in [-0.2, 0) is 6.61 Å². The number of hydrogen-bond donors (Lipinski definition) is 3. The Morgan fingerprint density at radius 3 is 2.75 bits per heavy atom. The Labute approximate surface area is 138 Å². The van der Waals surface area contributed by atoms with E-state index in [4.69, 9.17) is 5.11 Å². The van der Waals surface area contributed by atoms with Crippen LogP contribution in [0.5, 0.6) is 5.75 Å². The number of aromatic nitrogens is 1. The van der Waals surface area contributed by atoms with Gasteiger partial charge in [0.25, 0.3) is 5.91 Å². The molecule has 24 heavy (non-hydrogen) atoms. The standard InChI is InChI=1S/C18H15N3O3/c22-11-14-7-5-13(9-19-14)18(24)21-20-10-16-15-4-2-1-3-12(15)6-8-17(16)23/h1-10,22-23H,11H2,(H,21,24). The van der Waals surface area contributed by atoms with Gasteiger partial charge in [-0.1, -0.05) is 30.3 Å². The molecule has 6 nitrogen and oxygen atoms in total. The summed E-state index contributed by atoms with van der Waals surface area (Å²) in [6.45, 7) is -0.180. The van der Waals surface area contributed by atoms with Crippen LogP contribution >= 0.6 is 0 Å². The van der Waals surface area contributed by atoms with Crippen LogP contribution in [0.25, 0.3) is 10.8 Å². The van der Waals surface area contributed by atoms with Crippen LogP contribution < -0.4 is 5.43 Å². The summed E-state index contributed by atoms with van der Waals surface area (Å²) in [6.07, 6.45) is 2.77. The number of nitrogens with one attached hydrogen (secondary N) is 1. The van der Waals surface area contributed by atoms with Crippen molar-refractivity contribution < 1.29 is 15.0 Å². The number of benzene rings is 2. The lowest BCUT2D eigenvalue weighted by Crippen LogP contribution is -2.18. The van der Waals surface area contributed by atoms with Crippen LogP contribution in [0.4, 0.5) is 0 Å². The number of fused-ring (bicyclic) bond motifs is 1. The molecule has 1 heterocycles. The van der Waals surface area contributed by atoms with Crippen molar-refractivity contribution in [3.8, 4) is 5.75 Å². The largest absolute Gasteiger partial charge is 0.507 e. The first kappa shape index (κ1) is 15.6. The molecule has 0 saturated carbocycles. The number of aliphatic hydroxyl groups excluding tert-OH is 1. The first-order valence-corrected chi connectivity index (χ1v) is 7.29. The van der Waals surface area contributed by atoms with Gasteiger partial charge in [0, 0.05) is 11.8 Å². The fourth-order valence-electron chi connectivity index (χ4n) is 2.29. The van der Waals surface area contributed by atoms with Gasteiger partial charge in [0.05, 0.1) is 24.1 Å². The number of pyridine rings is 1. The third kappa shape index (κ3) is 3.23. The minimum atomic E-state index is -0.428. The number of hydrogen-bond acceptors (Lipinski definition) is 5. The summed E-state index contributed by atoms with van der Waals surface area (Å²) >= 11 is 0. The molecule has 0 aliphatic rings. The highest BCUT2D eigenvalue weighted by Crippen LogP contribution is 2.25. The van der Waals surface area contributed by atoms with Crippen LogP contribution in [0.2, 0.25) is 0 Å². The quantitative estimate of drug-likeness (QED) is 0.507. The molecule has 1 aromatic heterocycles. The first-order chi connectivity index (χ1) is 11.7. The number of nitrogens with zero attached hydrogens (tertiary/aromatic N) is 2. The van der Waals surface area contributed by atoms with Gasteiger partial charge in [-0.3, -0.25) is 9.78 Å². The van der Waals surface area contributed by atoms with Gasteiger partial charge >= 0.3 is 0 Å². The van der Waals surface area contributed by atoms with Crippen LogP contribution in [0.1, 0.15) is 21.6 Å². The summed E-state index contributed by atoms with van der Waals surface area (Å²) in [4.78, 5) is 15.9. The van der Waals surface area contributed by atoms with Crippen molar-refractivity contribution in [1.29, 1.82) is 0 Å². The summed E-state index contributed by atoms with van der Waals surface area (Å²) in [5.74, 6) is -0.344. The van der Waals surface area contributed by atoms with Gasteiger partial charge < -0.3 is 10.2 Å². The van der Waals surface area contributed by atoms with E-state index in [-0.39, 0.29) is 12.4 Å². The molecule has 120 valence electrons. The molecule has 0 unspecified atom stereocenters. The molecule has 0 aliphatic heterocycles. The zero-order valence-corrected chi connectivity index (χ0v) is 12.7. The molecule has 0 radical (unpaired) electrons. The molecule has 0 atom stereocenters. The third-order valence-electron chi connectivity index (χ3n) is 3.56. The summed E-state index contributed by atoms with van der Waals surface area (Å²) < 4.78 is 0. The highest BCUT2D eigenvalue weighted by atomic mass is 16.3. The first-order valence-electron chi connectivity index (χ1n) is 7.29. The van der Waals surface area contributed by atoms with E-state index in [1.54, 1.807) is 18.2 Å². The van der Waals surface area contributed by atoms with Gasteiger partial charge in [0.2, 0.25) is 0 Å². The monoisotopic (exact) mass is 321 g/mol.